The number of benzene rings is 2. The molecule has 1 aliphatic carbocycles. The Morgan fingerprint density at radius 3 is 2.68 bits per heavy atom. The van der Waals surface area contributed by atoms with Gasteiger partial charge in [0, 0.05) is 23.5 Å². The molecule has 0 spiro atoms. The molecule has 2 aromatic carbocycles. The van der Waals surface area contributed by atoms with Gasteiger partial charge in [0.05, 0.1) is 24.2 Å². The van der Waals surface area contributed by atoms with E-state index in [9.17, 15) is 4.79 Å². The second kappa shape index (κ2) is 9.24. The summed E-state index contributed by atoms with van der Waals surface area (Å²) in [5.41, 5.74) is 10.7. The Balaban J connectivity index is 1.37. The first kappa shape index (κ1) is 23.0. The number of nitrogens with one attached hydrogen (secondary N) is 1. The van der Waals surface area contributed by atoms with Gasteiger partial charge in [-0.1, -0.05) is 43.5 Å². The predicted molar refractivity (Wildman–Crippen MR) is 145 cm³/mol. The smallest absolute Gasteiger partial charge is 0.272 e. The van der Waals surface area contributed by atoms with E-state index in [1.165, 1.54) is 25.6 Å². The fraction of sp³-hybridized carbons (Fsp3) is 0.286. The van der Waals surface area contributed by atoms with Gasteiger partial charge in [0.15, 0.2) is 5.65 Å². The number of aryl methyl sites for hydroxylation is 1. The molecule has 1 amide bonds. The third kappa shape index (κ3) is 3.96. The Kier molecular flexibility index (Phi) is 5.75. The molecule has 0 bridgehead atoms. The van der Waals surface area contributed by atoms with Crippen LogP contribution in [0.15, 0.2) is 54.9 Å². The number of carbonyl (C=O) groups excluding carboxylic acids is 1. The molecule has 37 heavy (non-hydrogen) atoms. The third-order valence-corrected chi connectivity index (χ3v) is 7.35. The zero-order valence-corrected chi connectivity index (χ0v) is 20.9. The topological polar surface area (TPSA) is 113 Å². The Hall–Kier alpha value is -4.40. The molecule has 0 saturated heterocycles. The highest BCUT2D eigenvalue weighted by molar-refractivity contribution is 6.07. The van der Waals surface area contributed by atoms with Crippen LogP contribution in [-0.4, -0.2) is 37.3 Å². The van der Waals surface area contributed by atoms with Gasteiger partial charge < -0.3 is 20.4 Å². The van der Waals surface area contributed by atoms with Crippen molar-refractivity contribution in [1.29, 1.82) is 0 Å². The van der Waals surface area contributed by atoms with Gasteiger partial charge >= 0.3 is 0 Å². The van der Waals surface area contributed by atoms with Crippen molar-refractivity contribution < 1.29 is 9.53 Å². The molecular formula is C28H29N7O2. The number of anilines is 2. The second-order valence-corrected chi connectivity index (χ2v) is 9.56. The first-order valence-corrected chi connectivity index (χ1v) is 12.6. The Morgan fingerprint density at radius 2 is 1.89 bits per heavy atom. The van der Waals surface area contributed by atoms with E-state index in [2.05, 4.69) is 15.3 Å². The predicted octanol–water partition coefficient (Wildman–Crippen LogP) is 5.33. The molecule has 3 heterocycles. The lowest BCUT2D eigenvalue weighted by molar-refractivity contribution is 0.101. The van der Waals surface area contributed by atoms with Gasteiger partial charge in [0.25, 0.3) is 5.91 Å². The second-order valence-electron chi connectivity index (χ2n) is 9.56. The lowest BCUT2D eigenvalue weighted by atomic mass is 9.96. The van der Waals surface area contributed by atoms with Gasteiger partial charge in [-0.25, -0.2) is 14.6 Å². The average Bonchev–Trinajstić information content (AvgIpc) is 3.49. The maximum atomic E-state index is 13.2. The number of aromatic nitrogens is 5. The number of nitrogen functional groups attached to an aromatic ring is 1. The lowest BCUT2D eigenvalue weighted by Gasteiger charge is -2.22. The van der Waals surface area contributed by atoms with E-state index < -0.39 is 0 Å². The number of hydrogen-bond donors (Lipinski definition) is 2. The normalized spacial score (nSPS) is 14.3. The highest BCUT2D eigenvalue weighted by Crippen LogP contribution is 2.38. The Bertz CT molecular complexity index is 1630. The zero-order valence-electron chi connectivity index (χ0n) is 20.9. The van der Waals surface area contributed by atoms with Gasteiger partial charge in [-0.3, -0.25) is 4.79 Å². The fourth-order valence-electron chi connectivity index (χ4n) is 5.41. The van der Waals surface area contributed by atoms with E-state index in [0.29, 0.717) is 34.7 Å². The van der Waals surface area contributed by atoms with Crippen LogP contribution < -0.4 is 15.8 Å². The highest BCUT2D eigenvalue weighted by atomic mass is 16.5. The summed E-state index contributed by atoms with van der Waals surface area (Å²) < 4.78 is 9.59. The minimum Gasteiger partial charge on any atom is -0.495 e. The van der Waals surface area contributed by atoms with Crippen molar-refractivity contribution in [3.8, 4) is 17.0 Å². The number of ether oxygens (including phenoxy) is 1. The van der Waals surface area contributed by atoms with Crippen molar-refractivity contribution in [3.05, 3.63) is 60.6 Å². The monoisotopic (exact) mass is 495 g/mol. The molecule has 3 N–H and O–H groups in total. The molecule has 9 nitrogen and oxygen atoms in total. The molecule has 1 fully saturated rings. The molecule has 188 valence electrons. The summed E-state index contributed by atoms with van der Waals surface area (Å²) in [6, 6.07) is 15.7. The number of hydrogen-bond acceptors (Lipinski definition) is 6. The van der Waals surface area contributed by atoms with Crippen molar-refractivity contribution in [2.24, 2.45) is 7.05 Å². The summed E-state index contributed by atoms with van der Waals surface area (Å²) in [4.78, 5) is 22.0. The molecule has 5 aromatic rings. The standard InChI is InChI=1S/C28H29N7O2/c1-34-21-11-7-6-8-17(21)14-22(34)28(36)32-20-13-12-18(15-23(20)37-2)25-24-26(29)30-16-31-27(24)35(33-25)19-9-4-3-5-10-19/h6-8,11-16,19H,3-5,9-10H2,1-2H3,(H,32,36)(H2,29,30,31). The average molecular weight is 496 g/mol. The van der Waals surface area contributed by atoms with E-state index in [0.717, 1.165) is 40.3 Å². The molecule has 1 aliphatic rings. The number of nitrogens with two attached hydrogens (primary N) is 1. The first-order chi connectivity index (χ1) is 18.0. The molecule has 3 aromatic heterocycles. The van der Waals surface area contributed by atoms with Gasteiger partial charge in [0.2, 0.25) is 0 Å². The van der Waals surface area contributed by atoms with Crippen LogP contribution in [-0.2, 0) is 7.05 Å². The molecule has 0 unspecified atom stereocenters. The van der Waals surface area contributed by atoms with Crippen LogP contribution in [0.1, 0.15) is 48.6 Å². The van der Waals surface area contributed by atoms with E-state index >= 15 is 0 Å². The molecule has 9 heteroatoms. The fourth-order valence-corrected chi connectivity index (χ4v) is 5.41. The van der Waals surface area contributed by atoms with Gasteiger partial charge in [-0.05, 0) is 37.1 Å². The summed E-state index contributed by atoms with van der Waals surface area (Å²) in [6.07, 6.45) is 7.25. The van der Waals surface area contributed by atoms with Crippen molar-refractivity contribution in [1.82, 2.24) is 24.3 Å². The molecule has 0 radical (unpaired) electrons. The Labute approximate surface area is 214 Å². The summed E-state index contributed by atoms with van der Waals surface area (Å²) >= 11 is 0. The van der Waals surface area contributed by atoms with Crippen LogP contribution in [0.25, 0.3) is 33.2 Å². The molecule has 6 rings (SSSR count). The van der Waals surface area contributed by atoms with Crippen LogP contribution in [0.2, 0.25) is 0 Å². The maximum Gasteiger partial charge on any atom is 0.272 e. The van der Waals surface area contributed by atoms with E-state index in [1.807, 2.05) is 64.8 Å². The first-order valence-electron chi connectivity index (χ1n) is 12.6. The minimum atomic E-state index is -0.213. The SMILES string of the molecule is COc1cc(-c2nn(C3CCCCC3)c3ncnc(N)c23)ccc1NC(=O)c1cc2ccccc2n1C. The van der Waals surface area contributed by atoms with Gasteiger partial charge in [0.1, 0.15) is 29.3 Å². The van der Waals surface area contributed by atoms with Crippen molar-refractivity contribution >= 4 is 39.3 Å². The number of amides is 1. The molecule has 1 saturated carbocycles. The zero-order chi connectivity index (χ0) is 25.5. The summed E-state index contributed by atoms with van der Waals surface area (Å²) in [7, 11) is 3.47. The number of rotatable bonds is 5. The lowest BCUT2D eigenvalue weighted by Crippen LogP contribution is -2.16. The van der Waals surface area contributed by atoms with E-state index in [-0.39, 0.29) is 5.91 Å². The third-order valence-electron chi connectivity index (χ3n) is 7.35. The highest BCUT2D eigenvalue weighted by Gasteiger charge is 2.24. The van der Waals surface area contributed by atoms with Crippen molar-refractivity contribution in [3.63, 3.8) is 0 Å². The number of methoxy groups -OCH3 is 1. The van der Waals surface area contributed by atoms with E-state index in [4.69, 9.17) is 15.6 Å². The number of carbonyl (C=O) groups is 1. The van der Waals surface area contributed by atoms with Gasteiger partial charge in [-0.15, -0.1) is 0 Å². The quantitative estimate of drug-likeness (QED) is 0.341. The minimum absolute atomic E-state index is 0.213. The van der Waals surface area contributed by atoms with Crippen LogP contribution in [0.5, 0.6) is 5.75 Å². The van der Waals surface area contributed by atoms with Gasteiger partial charge in [-0.2, -0.15) is 5.10 Å². The number of nitrogens with zero attached hydrogens (tertiary/aromatic N) is 5. The largest absolute Gasteiger partial charge is 0.495 e. The van der Waals surface area contributed by atoms with E-state index in [1.54, 1.807) is 7.11 Å². The summed E-state index contributed by atoms with van der Waals surface area (Å²) in [5.74, 6) is 0.712. The van der Waals surface area contributed by atoms with Crippen LogP contribution in [0.3, 0.4) is 0 Å². The molecule has 0 atom stereocenters. The number of fused-ring (bicyclic) bond motifs is 2. The van der Waals surface area contributed by atoms with Crippen LogP contribution in [0, 0.1) is 0 Å². The maximum absolute atomic E-state index is 13.2. The number of para-hydroxylation sites is 1. The van der Waals surface area contributed by atoms with Crippen LogP contribution in [0.4, 0.5) is 11.5 Å². The summed E-state index contributed by atoms with van der Waals surface area (Å²) in [6.45, 7) is 0. The molecular weight excluding hydrogens is 466 g/mol. The van der Waals surface area contributed by atoms with Crippen LogP contribution >= 0.6 is 0 Å². The Morgan fingerprint density at radius 1 is 1.08 bits per heavy atom. The summed E-state index contributed by atoms with van der Waals surface area (Å²) in [5, 5.41) is 9.74. The van der Waals surface area contributed by atoms with Crippen molar-refractivity contribution in [2.75, 3.05) is 18.2 Å². The van der Waals surface area contributed by atoms with Crippen molar-refractivity contribution in [2.45, 2.75) is 38.1 Å². The molecule has 0 aliphatic heterocycles.